The van der Waals surface area contributed by atoms with Gasteiger partial charge < -0.3 is 10.6 Å². The molecule has 0 bridgehead atoms. The Hall–Kier alpha value is -1.00. The number of benzene rings is 1. The smallest absolute Gasteiger partial charge is 0.229 e. The SMILES string of the molecule is CCNC(CSCC(=O)NC)c1ccc(C)cc1. The summed E-state index contributed by atoms with van der Waals surface area (Å²) in [5.41, 5.74) is 2.55. The summed E-state index contributed by atoms with van der Waals surface area (Å²) in [6.45, 7) is 5.12. The monoisotopic (exact) mass is 266 g/mol. The Morgan fingerprint density at radius 1 is 1.33 bits per heavy atom. The Kier molecular flexibility index (Phi) is 6.83. The first kappa shape index (κ1) is 15.1. The van der Waals surface area contributed by atoms with Crippen molar-refractivity contribution < 1.29 is 4.79 Å². The number of aryl methyl sites for hydroxylation is 1. The molecule has 0 saturated heterocycles. The zero-order valence-corrected chi connectivity index (χ0v) is 12.1. The van der Waals surface area contributed by atoms with Gasteiger partial charge in [0.2, 0.25) is 5.91 Å². The summed E-state index contributed by atoms with van der Waals surface area (Å²) >= 11 is 1.66. The topological polar surface area (TPSA) is 41.1 Å². The summed E-state index contributed by atoms with van der Waals surface area (Å²) in [5.74, 6) is 1.51. The molecule has 4 heteroatoms. The maximum absolute atomic E-state index is 11.2. The number of nitrogens with one attached hydrogen (secondary N) is 2. The zero-order chi connectivity index (χ0) is 13.4. The van der Waals surface area contributed by atoms with Gasteiger partial charge in [0.25, 0.3) is 0 Å². The molecule has 0 saturated carbocycles. The highest BCUT2D eigenvalue weighted by Gasteiger charge is 2.10. The van der Waals surface area contributed by atoms with E-state index in [1.807, 2.05) is 0 Å². The van der Waals surface area contributed by atoms with Gasteiger partial charge in [-0.1, -0.05) is 36.8 Å². The molecule has 18 heavy (non-hydrogen) atoms. The molecule has 3 nitrogen and oxygen atoms in total. The number of amides is 1. The lowest BCUT2D eigenvalue weighted by molar-refractivity contribution is -0.118. The average molecular weight is 266 g/mol. The van der Waals surface area contributed by atoms with Crippen LogP contribution >= 0.6 is 11.8 Å². The molecular weight excluding hydrogens is 244 g/mol. The molecule has 0 aromatic heterocycles. The number of hydrogen-bond acceptors (Lipinski definition) is 3. The summed E-state index contributed by atoms with van der Waals surface area (Å²) in [5, 5.41) is 6.10. The van der Waals surface area contributed by atoms with Gasteiger partial charge in [-0.2, -0.15) is 11.8 Å². The van der Waals surface area contributed by atoms with Crippen molar-refractivity contribution in [2.45, 2.75) is 19.9 Å². The fourth-order valence-electron chi connectivity index (χ4n) is 1.66. The van der Waals surface area contributed by atoms with Gasteiger partial charge in [-0.3, -0.25) is 4.79 Å². The minimum atomic E-state index is 0.0826. The van der Waals surface area contributed by atoms with Crippen LogP contribution in [0, 0.1) is 6.92 Å². The molecule has 0 radical (unpaired) electrons. The third kappa shape index (κ3) is 5.10. The molecular formula is C14H22N2OS. The van der Waals surface area contributed by atoms with Crippen LogP contribution in [-0.2, 0) is 4.79 Å². The number of rotatable bonds is 7. The van der Waals surface area contributed by atoms with Crippen LogP contribution < -0.4 is 10.6 Å². The second-order valence-corrected chi connectivity index (χ2v) is 5.24. The van der Waals surface area contributed by atoms with Crippen LogP contribution in [0.2, 0.25) is 0 Å². The first-order valence-electron chi connectivity index (χ1n) is 6.25. The second-order valence-electron chi connectivity index (χ2n) is 4.21. The van der Waals surface area contributed by atoms with Crippen LogP contribution in [0.25, 0.3) is 0 Å². The molecule has 0 heterocycles. The van der Waals surface area contributed by atoms with Crippen LogP contribution in [0.5, 0.6) is 0 Å². The largest absolute Gasteiger partial charge is 0.358 e. The molecule has 1 aromatic rings. The van der Waals surface area contributed by atoms with E-state index < -0.39 is 0 Å². The van der Waals surface area contributed by atoms with Gasteiger partial charge in [0.05, 0.1) is 5.75 Å². The van der Waals surface area contributed by atoms with Gasteiger partial charge in [0, 0.05) is 18.8 Å². The van der Waals surface area contributed by atoms with Crippen LogP contribution in [0.4, 0.5) is 0 Å². The fraction of sp³-hybridized carbons (Fsp3) is 0.500. The third-order valence-corrected chi connectivity index (χ3v) is 3.76. The van der Waals surface area contributed by atoms with Gasteiger partial charge in [-0.25, -0.2) is 0 Å². The van der Waals surface area contributed by atoms with Crippen molar-refractivity contribution in [1.29, 1.82) is 0 Å². The van der Waals surface area contributed by atoms with Crippen LogP contribution in [0.1, 0.15) is 24.1 Å². The van der Waals surface area contributed by atoms with Crippen molar-refractivity contribution in [3.05, 3.63) is 35.4 Å². The predicted octanol–water partition coefficient (Wildman–Crippen LogP) is 2.12. The Bertz CT molecular complexity index is 365. The molecule has 0 fully saturated rings. The number of thioether (sulfide) groups is 1. The Labute approximate surface area is 114 Å². The van der Waals surface area contributed by atoms with Crippen molar-refractivity contribution in [2.24, 2.45) is 0 Å². The van der Waals surface area contributed by atoms with Crippen molar-refractivity contribution in [3.8, 4) is 0 Å². The highest BCUT2D eigenvalue weighted by atomic mass is 32.2. The van der Waals surface area contributed by atoms with E-state index in [0.29, 0.717) is 11.8 Å². The van der Waals surface area contributed by atoms with Crippen molar-refractivity contribution in [3.63, 3.8) is 0 Å². The normalized spacial score (nSPS) is 12.2. The standard InChI is InChI=1S/C14H22N2OS/c1-4-16-13(9-18-10-14(17)15-3)12-7-5-11(2)6-8-12/h5-8,13,16H,4,9-10H2,1-3H3,(H,15,17). The van der Waals surface area contributed by atoms with E-state index in [0.717, 1.165) is 12.3 Å². The van der Waals surface area contributed by atoms with E-state index in [2.05, 4.69) is 48.7 Å². The van der Waals surface area contributed by atoms with Crippen molar-refractivity contribution in [2.75, 3.05) is 25.1 Å². The molecule has 0 aliphatic heterocycles. The van der Waals surface area contributed by atoms with Gasteiger partial charge in [0.1, 0.15) is 0 Å². The fourth-order valence-corrected chi connectivity index (χ4v) is 2.65. The number of hydrogen-bond donors (Lipinski definition) is 2. The second kappa shape index (κ2) is 8.16. The Balaban J connectivity index is 2.54. The summed E-state index contributed by atoms with van der Waals surface area (Å²) in [6.07, 6.45) is 0. The maximum atomic E-state index is 11.2. The molecule has 1 atom stereocenters. The zero-order valence-electron chi connectivity index (χ0n) is 11.3. The van der Waals surface area contributed by atoms with E-state index in [-0.39, 0.29) is 5.91 Å². The van der Waals surface area contributed by atoms with Crippen LogP contribution in [-0.4, -0.2) is 31.0 Å². The molecule has 100 valence electrons. The molecule has 1 aromatic carbocycles. The molecule has 0 spiro atoms. The van der Waals surface area contributed by atoms with Gasteiger partial charge in [0.15, 0.2) is 0 Å². The van der Waals surface area contributed by atoms with E-state index >= 15 is 0 Å². The highest BCUT2D eigenvalue weighted by molar-refractivity contribution is 7.99. The maximum Gasteiger partial charge on any atom is 0.229 e. The van der Waals surface area contributed by atoms with E-state index in [1.165, 1.54) is 11.1 Å². The quantitative estimate of drug-likeness (QED) is 0.794. The third-order valence-electron chi connectivity index (χ3n) is 2.73. The van der Waals surface area contributed by atoms with Gasteiger partial charge in [-0.15, -0.1) is 0 Å². The molecule has 1 amide bonds. The Morgan fingerprint density at radius 2 is 2.00 bits per heavy atom. The van der Waals surface area contributed by atoms with Crippen molar-refractivity contribution >= 4 is 17.7 Å². The molecule has 0 aliphatic rings. The van der Waals surface area contributed by atoms with E-state index in [4.69, 9.17) is 0 Å². The lowest BCUT2D eigenvalue weighted by Gasteiger charge is -2.18. The minimum absolute atomic E-state index is 0.0826. The molecule has 1 unspecified atom stereocenters. The van der Waals surface area contributed by atoms with E-state index in [9.17, 15) is 4.79 Å². The summed E-state index contributed by atoms with van der Waals surface area (Å²) in [7, 11) is 1.67. The van der Waals surface area contributed by atoms with Crippen LogP contribution in [0.3, 0.4) is 0 Å². The van der Waals surface area contributed by atoms with Crippen LogP contribution in [0.15, 0.2) is 24.3 Å². The minimum Gasteiger partial charge on any atom is -0.358 e. The number of carbonyl (C=O) groups is 1. The molecule has 0 aliphatic carbocycles. The highest BCUT2D eigenvalue weighted by Crippen LogP contribution is 2.18. The lowest BCUT2D eigenvalue weighted by atomic mass is 10.1. The Morgan fingerprint density at radius 3 is 2.56 bits per heavy atom. The first-order valence-corrected chi connectivity index (χ1v) is 7.41. The molecule has 1 rings (SSSR count). The lowest BCUT2D eigenvalue weighted by Crippen LogP contribution is -2.25. The molecule has 2 N–H and O–H groups in total. The van der Waals surface area contributed by atoms with Gasteiger partial charge in [-0.05, 0) is 19.0 Å². The average Bonchev–Trinajstić information content (AvgIpc) is 2.38. The summed E-state index contributed by atoms with van der Waals surface area (Å²) in [6, 6.07) is 8.88. The first-order chi connectivity index (χ1) is 8.67. The number of carbonyl (C=O) groups excluding carboxylic acids is 1. The summed E-state index contributed by atoms with van der Waals surface area (Å²) < 4.78 is 0. The van der Waals surface area contributed by atoms with Gasteiger partial charge >= 0.3 is 0 Å². The predicted molar refractivity (Wildman–Crippen MR) is 79.0 cm³/mol. The summed E-state index contributed by atoms with van der Waals surface area (Å²) in [4.78, 5) is 11.2. The van der Waals surface area contributed by atoms with E-state index in [1.54, 1.807) is 18.8 Å². The van der Waals surface area contributed by atoms with Crippen molar-refractivity contribution in [1.82, 2.24) is 10.6 Å².